The predicted octanol–water partition coefficient (Wildman–Crippen LogP) is 6.94. The van der Waals surface area contributed by atoms with Gasteiger partial charge in [0.15, 0.2) is 0 Å². The molecule has 0 radical (unpaired) electrons. The van der Waals surface area contributed by atoms with Gasteiger partial charge < -0.3 is 40.2 Å². The van der Waals surface area contributed by atoms with Gasteiger partial charge in [0.2, 0.25) is 11.8 Å². The Labute approximate surface area is 361 Å². The number of carbonyl (C=O) groups excluding carboxylic acids is 4. The molecule has 3 aliphatic heterocycles. The van der Waals surface area contributed by atoms with Crippen LogP contribution in [0.2, 0.25) is 0 Å². The second kappa shape index (κ2) is 18.5. The van der Waals surface area contributed by atoms with E-state index in [1.54, 1.807) is 0 Å². The number of alkyl carbamates (subject to hydrolysis) is 2. The second-order valence-electron chi connectivity index (χ2n) is 16.6. The number of ether oxygens (including phenoxy) is 2. The Bertz CT molecular complexity index is 2450. The normalized spacial score (nSPS) is 19.5. The molecule has 0 bridgehead atoms. The van der Waals surface area contributed by atoms with Crippen molar-refractivity contribution in [3.63, 3.8) is 0 Å². The molecule has 14 nitrogen and oxygen atoms in total. The molecule has 14 heteroatoms. The van der Waals surface area contributed by atoms with E-state index in [1.807, 2.05) is 60.2 Å². The summed E-state index contributed by atoms with van der Waals surface area (Å²) in [6.45, 7) is 5.60. The van der Waals surface area contributed by atoms with Gasteiger partial charge in [0, 0.05) is 19.5 Å². The molecule has 1 aromatic heterocycles. The lowest BCUT2D eigenvalue weighted by molar-refractivity contribution is -0.135. The minimum atomic E-state index is -0.770. The third-order valence-corrected chi connectivity index (χ3v) is 12.3. The van der Waals surface area contributed by atoms with Gasteiger partial charge in [0.1, 0.15) is 23.7 Å². The smallest absolute Gasteiger partial charge is 0.407 e. The van der Waals surface area contributed by atoms with E-state index in [0.29, 0.717) is 26.1 Å². The maximum Gasteiger partial charge on any atom is 0.407 e. The van der Waals surface area contributed by atoms with Crippen LogP contribution in [0, 0.1) is 5.92 Å². The molecule has 2 saturated heterocycles. The zero-order valence-corrected chi connectivity index (χ0v) is 35.6. The first-order valence-electron chi connectivity index (χ1n) is 21.4. The highest BCUT2D eigenvalue weighted by Gasteiger charge is 2.40. The number of fused-ring (bicyclic) bond motifs is 1. The largest absolute Gasteiger partial charge is 0.453 e. The first-order valence-corrected chi connectivity index (χ1v) is 21.4. The Kier molecular flexibility index (Phi) is 12.5. The average molecular weight is 839 g/mol. The number of rotatable bonds is 12. The highest BCUT2D eigenvalue weighted by molar-refractivity contribution is 5.96. The number of hydrogen-bond acceptors (Lipinski definition) is 9. The van der Waals surface area contributed by atoms with Crippen molar-refractivity contribution in [2.45, 2.75) is 76.2 Å². The van der Waals surface area contributed by atoms with Crippen LogP contribution in [-0.2, 0) is 25.5 Å². The van der Waals surface area contributed by atoms with Crippen LogP contribution in [0.5, 0.6) is 0 Å². The van der Waals surface area contributed by atoms with Gasteiger partial charge in [-0.3, -0.25) is 14.6 Å². The Balaban J connectivity index is 0.908. The van der Waals surface area contributed by atoms with Crippen molar-refractivity contribution in [1.29, 1.82) is 0 Å². The number of methoxy groups -OCH3 is 2. The molecule has 0 spiro atoms. The molecule has 4 heterocycles. The van der Waals surface area contributed by atoms with Crippen LogP contribution in [0.4, 0.5) is 9.59 Å². The maximum absolute atomic E-state index is 13.9. The fourth-order valence-corrected chi connectivity index (χ4v) is 8.96. The van der Waals surface area contributed by atoms with Gasteiger partial charge in [0.05, 0.1) is 50.8 Å². The van der Waals surface area contributed by atoms with Crippen molar-refractivity contribution in [2.75, 3.05) is 33.9 Å². The SMILES string of the molecule is COC(=O)N[C@@H](Cc1ccccc1)C(=O)N1CCC[C@H]1c1ncc(-c2ccc(-c3ccc4cc(C5CN=C([C@@H]6CCCN6C(=O)[C@@H](NC(=O)OC)C(C)C)N5)ccc4c3)cc2)[nH]1. The van der Waals surface area contributed by atoms with Gasteiger partial charge in [-0.05, 0) is 82.3 Å². The van der Waals surface area contributed by atoms with E-state index < -0.39 is 24.3 Å². The number of hydrogen-bond donors (Lipinski definition) is 4. The van der Waals surface area contributed by atoms with Crippen LogP contribution < -0.4 is 16.0 Å². The van der Waals surface area contributed by atoms with Gasteiger partial charge in [0.25, 0.3) is 0 Å². The molecule has 2 fully saturated rings. The number of imidazole rings is 1. The number of aromatic nitrogens is 2. The lowest BCUT2D eigenvalue weighted by Crippen LogP contribution is -2.54. The number of nitrogens with one attached hydrogen (secondary N) is 4. The number of aromatic amines is 1. The summed E-state index contributed by atoms with van der Waals surface area (Å²) in [7, 11) is 2.59. The first-order chi connectivity index (χ1) is 30.1. The summed E-state index contributed by atoms with van der Waals surface area (Å²) >= 11 is 0. The molecule has 8 rings (SSSR count). The van der Waals surface area contributed by atoms with Gasteiger partial charge >= 0.3 is 12.2 Å². The Morgan fingerprint density at radius 1 is 0.758 bits per heavy atom. The fraction of sp³-hybridized carbons (Fsp3) is 0.375. The zero-order valence-electron chi connectivity index (χ0n) is 35.6. The van der Waals surface area contributed by atoms with E-state index >= 15 is 0 Å². The number of nitrogens with zero attached hydrogens (tertiary/aromatic N) is 4. The summed E-state index contributed by atoms with van der Waals surface area (Å²) in [5.41, 5.74) is 6.11. The summed E-state index contributed by atoms with van der Waals surface area (Å²) < 4.78 is 9.63. The highest BCUT2D eigenvalue weighted by Crippen LogP contribution is 2.34. The van der Waals surface area contributed by atoms with Crippen molar-refractivity contribution in [1.82, 2.24) is 35.7 Å². The molecular formula is C48H54N8O6. The predicted molar refractivity (Wildman–Crippen MR) is 237 cm³/mol. The molecule has 322 valence electrons. The molecule has 0 saturated carbocycles. The molecule has 5 atom stereocenters. The molecule has 4 amide bonds. The minimum absolute atomic E-state index is 0.00590. The van der Waals surface area contributed by atoms with Crippen LogP contribution >= 0.6 is 0 Å². The van der Waals surface area contributed by atoms with E-state index in [4.69, 9.17) is 19.5 Å². The lowest BCUT2D eigenvalue weighted by atomic mass is 9.97. The van der Waals surface area contributed by atoms with Gasteiger partial charge in [-0.25, -0.2) is 14.6 Å². The molecule has 4 aromatic carbocycles. The monoisotopic (exact) mass is 838 g/mol. The first kappa shape index (κ1) is 42.0. The summed E-state index contributed by atoms with van der Waals surface area (Å²) in [5.74, 6) is 1.16. The Morgan fingerprint density at radius 3 is 2.13 bits per heavy atom. The Hall–Kier alpha value is -6.70. The van der Waals surface area contributed by atoms with Crippen molar-refractivity contribution in [2.24, 2.45) is 10.9 Å². The second-order valence-corrected chi connectivity index (χ2v) is 16.6. The number of likely N-dealkylation sites (tertiary alicyclic amines) is 2. The van der Waals surface area contributed by atoms with Crippen LogP contribution in [-0.4, -0.2) is 102 Å². The van der Waals surface area contributed by atoms with E-state index in [0.717, 1.165) is 81.6 Å². The molecular weight excluding hydrogens is 785 g/mol. The van der Waals surface area contributed by atoms with Gasteiger partial charge in [-0.15, -0.1) is 0 Å². The zero-order chi connectivity index (χ0) is 43.3. The maximum atomic E-state index is 13.9. The molecule has 62 heavy (non-hydrogen) atoms. The summed E-state index contributed by atoms with van der Waals surface area (Å²) in [6, 6.07) is 29.2. The quantitative estimate of drug-likeness (QED) is 0.105. The number of H-pyrrole nitrogens is 1. The van der Waals surface area contributed by atoms with Gasteiger partial charge in [-0.2, -0.15) is 0 Å². The van der Waals surface area contributed by atoms with E-state index in [-0.39, 0.29) is 35.9 Å². The summed E-state index contributed by atoms with van der Waals surface area (Å²) in [4.78, 5) is 68.5. The molecule has 4 N–H and O–H groups in total. The summed E-state index contributed by atoms with van der Waals surface area (Å²) in [6.07, 6.45) is 4.20. The average Bonchev–Trinajstić information content (AvgIpc) is 4.15. The van der Waals surface area contributed by atoms with Crippen LogP contribution in [0.1, 0.15) is 68.6 Å². The number of amidine groups is 1. The van der Waals surface area contributed by atoms with Crippen LogP contribution in [0.3, 0.4) is 0 Å². The number of aliphatic imine (C=N–C) groups is 1. The van der Waals surface area contributed by atoms with Crippen molar-refractivity contribution >= 4 is 40.6 Å². The topological polar surface area (TPSA) is 170 Å². The minimum Gasteiger partial charge on any atom is -0.453 e. The van der Waals surface area contributed by atoms with E-state index in [2.05, 4.69) is 81.6 Å². The van der Waals surface area contributed by atoms with Crippen LogP contribution in [0.25, 0.3) is 33.2 Å². The molecule has 5 aromatic rings. The van der Waals surface area contributed by atoms with Crippen LogP contribution in [0.15, 0.2) is 102 Å². The standard InChI is InChI=1S/C48H54N8O6/c1-29(2)42(54-48(60)62-4)46(58)56-23-9-13-41(56)44-50-28-39(52-44)36-21-20-34-25-33(18-19-35(34)26-36)31-14-16-32(17-15-31)38-27-49-43(51-38)40-12-8-22-55(40)45(57)37(53-47(59)61-3)24-30-10-6-5-7-11-30/h5-7,10-11,14-21,25-27,29,37,39-42H,8-9,12-13,22-24,28H2,1-4H3,(H,49,51)(H,50,52)(H,53,59)(H,54,60)/t37-,39?,40-,41-,42-/m0/s1. The third-order valence-electron chi connectivity index (χ3n) is 12.3. The van der Waals surface area contributed by atoms with E-state index in [9.17, 15) is 19.2 Å². The highest BCUT2D eigenvalue weighted by atomic mass is 16.5. The molecule has 1 unspecified atom stereocenters. The van der Waals surface area contributed by atoms with Crippen molar-refractivity contribution in [3.8, 4) is 22.4 Å². The number of benzene rings is 4. The molecule has 0 aliphatic carbocycles. The van der Waals surface area contributed by atoms with E-state index in [1.165, 1.54) is 14.2 Å². The van der Waals surface area contributed by atoms with Crippen molar-refractivity contribution < 1.29 is 28.7 Å². The Morgan fingerprint density at radius 2 is 1.40 bits per heavy atom. The lowest BCUT2D eigenvalue weighted by Gasteiger charge is -2.31. The van der Waals surface area contributed by atoms with Crippen molar-refractivity contribution in [3.05, 3.63) is 114 Å². The third kappa shape index (κ3) is 9.00. The number of amides is 4. The van der Waals surface area contributed by atoms with Gasteiger partial charge in [-0.1, -0.05) is 92.7 Å². The molecule has 3 aliphatic rings. The summed E-state index contributed by atoms with van der Waals surface area (Å²) in [5, 5.41) is 11.3. The number of carbonyl (C=O) groups is 4. The fourth-order valence-electron chi connectivity index (χ4n) is 8.96.